The predicted octanol–water partition coefficient (Wildman–Crippen LogP) is 2.25. The van der Waals surface area contributed by atoms with Crippen LogP contribution in [0.1, 0.15) is 45.4 Å². The SMILES string of the molecule is CN1CCCCC1CCN1CCC(C)(C(N)=S)CC1. The van der Waals surface area contributed by atoms with Crippen LogP contribution >= 0.6 is 12.2 Å². The average molecular weight is 283 g/mol. The summed E-state index contributed by atoms with van der Waals surface area (Å²) in [6.45, 7) is 7.06. The molecule has 0 aliphatic carbocycles. The monoisotopic (exact) mass is 283 g/mol. The average Bonchev–Trinajstić information content (AvgIpc) is 2.40. The van der Waals surface area contributed by atoms with Crippen molar-refractivity contribution in [3.05, 3.63) is 0 Å². The van der Waals surface area contributed by atoms with Gasteiger partial charge >= 0.3 is 0 Å². The van der Waals surface area contributed by atoms with Crippen LogP contribution in [0.2, 0.25) is 0 Å². The summed E-state index contributed by atoms with van der Waals surface area (Å²) in [5.41, 5.74) is 5.97. The van der Waals surface area contributed by atoms with E-state index in [-0.39, 0.29) is 5.41 Å². The van der Waals surface area contributed by atoms with Crippen LogP contribution in [0.5, 0.6) is 0 Å². The summed E-state index contributed by atoms with van der Waals surface area (Å²) in [6, 6.07) is 0.803. The topological polar surface area (TPSA) is 32.5 Å². The third-order valence-corrected chi connectivity index (χ3v) is 5.75. The maximum atomic E-state index is 5.86. The normalized spacial score (nSPS) is 29.3. The Morgan fingerprint density at radius 1 is 1.26 bits per heavy atom. The molecule has 0 spiro atoms. The molecule has 3 nitrogen and oxygen atoms in total. The van der Waals surface area contributed by atoms with Crippen molar-refractivity contribution in [2.24, 2.45) is 11.1 Å². The van der Waals surface area contributed by atoms with Crippen molar-refractivity contribution in [3.63, 3.8) is 0 Å². The molecule has 2 aliphatic rings. The Morgan fingerprint density at radius 2 is 1.95 bits per heavy atom. The van der Waals surface area contributed by atoms with Crippen LogP contribution in [0.15, 0.2) is 0 Å². The summed E-state index contributed by atoms with van der Waals surface area (Å²) in [4.78, 5) is 5.86. The zero-order valence-corrected chi connectivity index (χ0v) is 13.3. The van der Waals surface area contributed by atoms with Crippen molar-refractivity contribution in [2.45, 2.75) is 51.5 Å². The van der Waals surface area contributed by atoms with E-state index in [1.54, 1.807) is 0 Å². The summed E-state index contributed by atoms with van der Waals surface area (Å²) in [5.74, 6) is 0. The smallest absolute Gasteiger partial charge is 0.0788 e. The standard InChI is InChI=1S/C15H29N3S/c1-15(14(16)19)7-11-18(12-8-15)10-6-13-5-3-4-9-17(13)2/h13H,3-12H2,1-2H3,(H2,16,19). The minimum absolute atomic E-state index is 0.105. The first-order valence-electron chi connectivity index (χ1n) is 7.74. The van der Waals surface area contributed by atoms with E-state index in [0.717, 1.165) is 32.0 Å². The molecule has 0 radical (unpaired) electrons. The van der Waals surface area contributed by atoms with Crippen LogP contribution in [0.25, 0.3) is 0 Å². The zero-order chi connectivity index (χ0) is 13.9. The molecule has 2 rings (SSSR count). The van der Waals surface area contributed by atoms with Gasteiger partial charge in [0.2, 0.25) is 0 Å². The summed E-state index contributed by atoms with van der Waals surface area (Å²) >= 11 is 5.20. The Balaban J connectivity index is 1.72. The Bertz CT molecular complexity index is 311. The molecule has 2 saturated heterocycles. The van der Waals surface area contributed by atoms with E-state index >= 15 is 0 Å². The lowest BCUT2D eigenvalue weighted by Gasteiger charge is -2.40. The van der Waals surface area contributed by atoms with Crippen LogP contribution in [-0.4, -0.2) is 54.1 Å². The molecule has 0 bridgehead atoms. The second-order valence-corrected chi connectivity index (χ2v) is 7.13. The molecule has 0 amide bonds. The lowest BCUT2D eigenvalue weighted by molar-refractivity contribution is 0.125. The van der Waals surface area contributed by atoms with Crippen molar-refractivity contribution in [3.8, 4) is 0 Å². The third kappa shape index (κ3) is 3.89. The van der Waals surface area contributed by atoms with Crippen molar-refractivity contribution < 1.29 is 0 Å². The number of hydrogen-bond donors (Lipinski definition) is 1. The molecule has 0 aromatic heterocycles. The van der Waals surface area contributed by atoms with E-state index in [1.807, 2.05) is 0 Å². The van der Waals surface area contributed by atoms with Crippen molar-refractivity contribution >= 4 is 17.2 Å². The van der Waals surface area contributed by atoms with Gasteiger partial charge in [-0.1, -0.05) is 25.6 Å². The van der Waals surface area contributed by atoms with Gasteiger partial charge in [0.25, 0.3) is 0 Å². The quantitative estimate of drug-likeness (QED) is 0.802. The Morgan fingerprint density at radius 3 is 2.53 bits per heavy atom. The highest BCUT2D eigenvalue weighted by Crippen LogP contribution is 2.31. The van der Waals surface area contributed by atoms with Gasteiger partial charge < -0.3 is 15.5 Å². The van der Waals surface area contributed by atoms with Gasteiger partial charge in [-0.2, -0.15) is 0 Å². The van der Waals surface area contributed by atoms with Crippen LogP contribution in [0, 0.1) is 5.41 Å². The summed E-state index contributed by atoms with van der Waals surface area (Å²) < 4.78 is 0. The van der Waals surface area contributed by atoms with Gasteiger partial charge in [-0.25, -0.2) is 0 Å². The molecule has 2 aliphatic heterocycles. The van der Waals surface area contributed by atoms with Gasteiger partial charge in [0.05, 0.1) is 4.99 Å². The second kappa shape index (κ2) is 6.51. The van der Waals surface area contributed by atoms with Gasteiger partial charge in [-0.3, -0.25) is 0 Å². The number of hydrogen-bond acceptors (Lipinski definition) is 3. The van der Waals surface area contributed by atoms with Crippen molar-refractivity contribution in [1.29, 1.82) is 0 Å². The maximum Gasteiger partial charge on any atom is 0.0788 e. The fraction of sp³-hybridized carbons (Fsp3) is 0.933. The molecular formula is C15H29N3S. The second-order valence-electron chi connectivity index (χ2n) is 6.69. The van der Waals surface area contributed by atoms with E-state index in [2.05, 4.69) is 23.8 Å². The first-order chi connectivity index (χ1) is 9.01. The summed E-state index contributed by atoms with van der Waals surface area (Å²) in [5, 5.41) is 0. The van der Waals surface area contributed by atoms with Crippen LogP contribution < -0.4 is 5.73 Å². The highest BCUT2D eigenvalue weighted by molar-refractivity contribution is 7.80. The molecule has 2 N–H and O–H groups in total. The molecule has 1 unspecified atom stereocenters. The fourth-order valence-corrected chi connectivity index (χ4v) is 3.56. The zero-order valence-electron chi connectivity index (χ0n) is 12.5. The third-order valence-electron chi connectivity index (χ3n) is 5.25. The van der Waals surface area contributed by atoms with Crippen LogP contribution in [0.3, 0.4) is 0 Å². The van der Waals surface area contributed by atoms with Crippen LogP contribution in [-0.2, 0) is 0 Å². The van der Waals surface area contributed by atoms with Gasteiger partial charge in [0, 0.05) is 11.5 Å². The van der Waals surface area contributed by atoms with Crippen molar-refractivity contribution in [2.75, 3.05) is 33.2 Å². The van der Waals surface area contributed by atoms with E-state index in [1.165, 1.54) is 38.8 Å². The Hall–Kier alpha value is -0.190. The van der Waals surface area contributed by atoms with E-state index < -0.39 is 0 Å². The Kier molecular flexibility index (Phi) is 5.21. The number of nitrogens with zero attached hydrogens (tertiary/aromatic N) is 2. The lowest BCUT2D eigenvalue weighted by Crippen LogP contribution is -2.46. The number of piperidine rings is 2. The molecule has 0 aromatic carbocycles. The Labute approximate surface area is 123 Å². The first-order valence-corrected chi connectivity index (χ1v) is 8.14. The fourth-order valence-electron chi connectivity index (χ4n) is 3.36. The highest BCUT2D eigenvalue weighted by atomic mass is 32.1. The maximum absolute atomic E-state index is 5.86. The molecule has 0 aromatic rings. The predicted molar refractivity (Wildman–Crippen MR) is 85.5 cm³/mol. The largest absolute Gasteiger partial charge is 0.393 e. The number of rotatable bonds is 4. The van der Waals surface area contributed by atoms with E-state index in [0.29, 0.717) is 4.99 Å². The minimum Gasteiger partial charge on any atom is -0.393 e. The molecule has 2 fully saturated rings. The van der Waals surface area contributed by atoms with Gasteiger partial charge in [-0.05, 0) is 65.3 Å². The van der Waals surface area contributed by atoms with Gasteiger partial charge in [-0.15, -0.1) is 0 Å². The molecular weight excluding hydrogens is 254 g/mol. The molecule has 0 saturated carbocycles. The first kappa shape index (κ1) is 15.2. The number of nitrogens with two attached hydrogens (primary N) is 1. The van der Waals surface area contributed by atoms with Crippen LogP contribution in [0.4, 0.5) is 0 Å². The molecule has 110 valence electrons. The van der Waals surface area contributed by atoms with Gasteiger partial charge in [0.1, 0.15) is 0 Å². The van der Waals surface area contributed by atoms with E-state index in [9.17, 15) is 0 Å². The minimum atomic E-state index is 0.105. The molecule has 2 heterocycles. The van der Waals surface area contributed by atoms with E-state index in [4.69, 9.17) is 18.0 Å². The summed E-state index contributed by atoms with van der Waals surface area (Å²) in [6.07, 6.45) is 7.75. The number of thiocarbonyl (C=S) groups is 1. The van der Waals surface area contributed by atoms with Gasteiger partial charge in [0.15, 0.2) is 0 Å². The molecule has 19 heavy (non-hydrogen) atoms. The molecule has 1 atom stereocenters. The van der Waals surface area contributed by atoms with Crippen molar-refractivity contribution in [1.82, 2.24) is 9.80 Å². The number of likely N-dealkylation sites (tertiary alicyclic amines) is 2. The molecule has 4 heteroatoms. The lowest BCUT2D eigenvalue weighted by atomic mass is 9.80. The summed E-state index contributed by atoms with van der Waals surface area (Å²) in [7, 11) is 2.28. The highest BCUT2D eigenvalue weighted by Gasteiger charge is 2.32.